The molecular weight excluding hydrogens is 252 g/mol. The highest BCUT2D eigenvalue weighted by Crippen LogP contribution is 2.10. The first-order chi connectivity index (χ1) is 9.54. The Morgan fingerprint density at radius 3 is 2.35 bits per heavy atom. The Hall–Kier alpha value is -1.68. The molecule has 1 fully saturated rings. The zero-order valence-electron chi connectivity index (χ0n) is 12.2. The fraction of sp³-hybridized carbons (Fsp3) is 0.500. The minimum atomic E-state index is 0.0368. The summed E-state index contributed by atoms with van der Waals surface area (Å²) >= 11 is 0. The Bertz CT molecular complexity index is 474. The number of Topliss-reactive ketones (excluding diaryl/α,β-unsaturated/α-hetero) is 1. The number of likely N-dealkylation sites (tertiary alicyclic amines) is 1. The van der Waals surface area contributed by atoms with Crippen LogP contribution in [0.1, 0.15) is 37.0 Å². The third-order valence-electron chi connectivity index (χ3n) is 3.97. The third-order valence-corrected chi connectivity index (χ3v) is 3.97. The van der Waals surface area contributed by atoms with Gasteiger partial charge in [-0.25, -0.2) is 0 Å². The maximum atomic E-state index is 12.0. The van der Waals surface area contributed by atoms with Gasteiger partial charge in [-0.3, -0.25) is 9.59 Å². The number of nitrogens with one attached hydrogen (secondary N) is 2. The molecule has 0 saturated carbocycles. The average Bonchev–Trinajstić information content (AvgIpc) is 2.42. The van der Waals surface area contributed by atoms with Crippen LogP contribution < -0.4 is 10.2 Å². The van der Waals surface area contributed by atoms with E-state index in [0.29, 0.717) is 12.1 Å². The molecule has 0 atom stereocenters. The summed E-state index contributed by atoms with van der Waals surface area (Å²) in [5.41, 5.74) is 1.42. The van der Waals surface area contributed by atoms with Gasteiger partial charge in [-0.1, -0.05) is 6.92 Å². The van der Waals surface area contributed by atoms with Crippen molar-refractivity contribution in [2.75, 3.05) is 25.0 Å². The van der Waals surface area contributed by atoms with Gasteiger partial charge in [-0.2, -0.15) is 0 Å². The number of quaternary nitrogens is 1. The summed E-state index contributed by atoms with van der Waals surface area (Å²) in [6.45, 7) is 6.50. The van der Waals surface area contributed by atoms with Crippen LogP contribution in [-0.2, 0) is 4.79 Å². The van der Waals surface area contributed by atoms with Crippen molar-refractivity contribution in [3.05, 3.63) is 29.8 Å². The van der Waals surface area contributed by atoms with Gasteiger partial charge in [0.15, 0.2) is 12.3 Å². The predicted octanol–water partition coefficient (Wildman–Crippen LogP) is 1.14. The Morgan fingerprint density at radius 2 is 1.80 bits per heavy atom. The molecule has 108 valence electrons. The Labute approximate surface area is 120 Å². The third kappa shape index (κ3) is 4.17. The van der Waals surface area contributed by atoms with E-state index in [1.165, 1.54) is 24.7 Å². The van der Waals surface area contributed by atoms with Crippen LogP contribution >= 0.6 is 0 Å². The standard InChI is InChI=1S/C16H22N2O2/c1-12-7-9-18(10-8-12)11-16(20)17-15-5-3-14(4-6-15)13(2)19/h3-6,12H,7-11H2,1-2H3,(H,17,20)/p+1. The number of hydrogen-bond acceptors (Lipinski definition) is 2. The van der Waals surface area contributed by atoms with Crippen LogP contribution in [0.4, 0.5) is 5.69 Å². The molecule has 2 rings (SSSR count). The summed E-state index contributed by atoms with van der Waals surface area (Å²) in [6, 6.07) is 7.05. The summed E-state index contributed by atoms with van der Waals surface area (Å²) in [6.07, 6.45) is 2.41. The smallest absolute Gasteiger partial charge is 0.279 e. The van der Waals surface area contributed by atoms with Gasteiger partial charge in [0.25, 0.3) is 5.91 Å². The number of amides is 1. The molecule has 20 heavy (non-hydrogen) atoms. The molecule has 0 bridgehead atoms. The van der Waals surface area contributed by atoms with Crippen LogP contribution in [-0.4, -0.2) is 31.3 Å². The van der Waals surface area contributed by atoms with E-state index in [0.717, 1.165) is 24.7 Å². The molecule has 4 heteroatoms. The van der Waals surface area contributed by atoms with E-state index in [1.807, 2.05) is 0 Å². The molecule has 1 aliphatic rings. The lowest BCUT2D eigenvalue weighted by molar-refractivity contribution is -0.897. The van der Waals surface area contributed by atoms with Crippen molar-refractivity contribution in [1.29, 1.82) is 0 Å². The van der Waals surface area contributed by atoms with Crippen molar-refractivity contribution in [2.45, 2.75) is 26.7 Å². The average molecular weight is 275 g/mol. The van der Waals surface area contributed by atoms with Crippen LogP contribution in [0.25, 0.3) is 0 Å². The number of hydrogen-bond donors (Lipinski definition) is 2. The lowest BCUT2D eigenvalue weighted by atomic mass is 9.99. The highest BCUT2D eigenvalue weighted by molar-refractivity contribution is 5.95. The van der Waals surface area contributed by atoms with Crippen LogP contribution in [0.5, 0.6) is 0 Å². The number of anilines is 1. The normalized spacial score (nSPS) is 22.3. The Kier molecular flexibility index (Phi) is 4.90. The summed E-state index contributed by atoms with van der Waals surface area (Å²) in [4.78, 5) is 24.5. The van der Waals surface area contributed by atoms with Crippen molar-refractivity contribution < 1.29 is 14.5 Å². The molecule has 4 nitrogen and oxygen atoms in total. The number of carbonyl (C=O) groups excluding carboxylic acids is 2. The van der Waals surface area contributed by atoms with Gasteiger partial charge in [0.05, 0.1) is 13.1 Å². The number of benzene rings is 1. The highest BCUT2D eigenvalue weighted by atomic mass is 16.2. The first-order valence-electron chi connectivity index (χ1n) is 7.29. The second-order valence-corrected chi connectivity index (χ2v) is 5.79. The SMILES string of the molecule is CC(=O)c1ccc(NC(=O)C[NH+]2CCC(C)CC2)cc1. The molecule has 0 spiro atoms. The molecule has 1 amide bonds. The Balaban J connectivity index is 1.83. The molecule has 1 saturated heterocycles. The second kappa shape index (κ2) is 6.66. The largest absolute Gasteiger partial charge is 0.327 e. The minimum Gasteiger partial charge on any atom is -0.327 e. The second-order valence-electron chi connectivity index (χ2n) is 5.79. The fourth-order valence-electron chi connectivity index (χ4n) is 2.57. The number of ketones is 1. The van der Waals surface area contributed by atoms with E-state index in [1.54, 1.807) is 24.3 Å². The van der Waals surface area contributed by atoms with Crippen LogP contribution in [0.3, 0.4) is 0 Å². The first-order valence-corrected chi connectivity index (χ1v) is 7.29. The maximum Gasteiger partial charge on any atom is 0.279 e. The minimum absolute atomic E-state index is 0.0368. The molecule has 1 aromatic carbocycles. The van der Waals surface area contributed by atoms with Gasteiger partial charge in [0.2, 0.25) is 0 Å². The summed E-state index contributed by atoms with van der Waals surface area (Å²) in [5, 5.41) is 2.90. The van der Waals surface area contributed by atoms with Crippen LogP contribution in [0.15, 0.2) is 24.3 Å². The molecule has 0 radical (unpaired) electrons. The maximum absolute atomic E-state index is 12.0. The van der Waals surface area contributed by atoms with Crippen LogP contribution in [0.2, 0.25) is 0 Å². The van der Waals surface area contributed by atoms with Crippen LogP contribution in [0, 0.1) is 5.92 Å². The molecule has 1 aliphatic heterocycles. The van der Waals surface area contributed by atoms with Crippen molar-refractivity contribution in [3.8, 4) is 0 Å². The van der Waals surface area contributed by atoms with Gasteiger partial charge >= 0.3 is 0 Å². The van der Waals surface area contributed by atoms with Crippen molar-refractivity contribution in [1.82, 2.24) is 0 Å². The highest BCUT2D eigenvalue weighted by Gasteiger charge is 2.21. The molecule has 1 heterocycles. The Morgan fingerprint density at radius 1 is 1.20 bits per heavy atom. The monoisotopic (exact) mass is 275 g/mol. The van der Waals surface area contributed by atoms with E-state index in [4.69, 9.17) is 0 Å². The van der Waals surface area contributed by atoms with E-state index in [-0.39, 0.29) is 11.7 Å². The quantitative estimate of drug-likeness (QED) is 0.810. The van der Waals surface area contributed by atoms with Gasteiger partial charge in [0.1, 0.15) is 0 Å². The number of piperidine rings is 1. The molecule has 1 aromatic rings. The molecule has 0 aromatic heterocycles. The molecule has 0 aliphatic carbocycles. The fourth-order valence-corrected chi connectivity index (χ4v) is 2.57. The zero-order chi connectivity index (χ0) is 14.5. The van der Waals surface area contributed by atoms with Gasteiger partial charge < -0.3 is 10.2 Å². The molecule has 2 N–H and O–H groups in total. The first kappa shape index (κ1) is 14.7. The van der Waals surface area contributed by atoms with E-state index >= 15 is 0 Å². The van der Waals surface area contributed by atoms with E-state index < -0.39 is 0 Å². The topological polar surface area (TPSA) is 50.6 Å². The number of rotatable bonds is 4. The van der Waals surface area contributed by atoms with E-state index in [9.17, 15) is 9.59 Å². The summed E-state index contributed by atoms with van der Waals surface area (Å²) in [7, 11) is 0. The molecular formula is C16H23N2O2+. The predicted molar refractivity (Wildman–Crippen MR) is 79.0 cm³/mol. The zero-order valence-corrected chi connectivity index (χ0v) is 12.2. The summed E-state index contributed by atoms with van der Waals surface area (Å²) < 4.78 is 0. The summed E-state index contributed by atoms with van der Waals surface area (Å²) in [5.74, 6) is 0.876. The van der Waals surface area contributed by atoms with Crippen molar-refractivity contribution in [3.63, 3.8) is 0 Å². The van der Waals surface area contributed by atoms with Gasteiger partial charge in [0, 0.05) is 11.3 Å². The lowest BCUT2D eigenvalue weighted by Crippen LogP contribution is -3.14. The van der Waals surface area contributed by atoms with E-state index in [2.05, 4.69) is 12.2 Å². The molecule has 0 unspecified atom stereocenters. The van der Waals surface area contributed by atoms with Gasteiger partial charge in [-0.15, -0.1) is 0 Å². The lowest BCUT2D eigenvalue weighted by Gasteiger charge is -2.26. The number of carbonyl (C=O) groups is 2. The van der Waals surface area contributed by atoms with Gasteiger partial charge in [-0.05, 0) is 49.9 Å². The van der Waals surface area contributed by atoms with Crippen molar-refractivity contribution in [2.24, 2.45) is 5.92 Å². The van der Waals surface area contributed by atoms with Crippen molar-refractivity contribution >= 4 is 17.4 Å².